The number of allylic oxidation sites excluding steroid dienone is 2. The normalized spacial score (nSPS) is 28.8. The number of aliphatic hydroxyl groups excluding tert-OH is 1. The average molecular weight is 425 g/mol. The van der Waals surface area contributed by atoms with Crippen molar-refractivity contribution in [3.8, 4) is 5.75 Å². The smallest absolute Gasteiger partial charge is 0.336 e. The fourth-order valence-electron chi connectivity index (χ4n) is 2.95. The third-order valence-electron chi connectivity index (χ3n) is 4.49. The van der Waals surface area contributed by atoms with Gasteiger partial charge in [-0.3, -0.25) is 0 Å². The van der Waals surface area contributed by atoms with Crippen molar-refractivity contribution in [1.29, 1.82) is 0 Å². The number of hydrogen-bond acceptors (Lipinski definition) is 7. The summed E-state index contributed by atoms with van der Waals surface area (Å²) in [7, 11) is 0. The van der Waals surface area contributed by atoms with Gasteiger partial charge < -0.3 is 28.8 Å². The van der Waals surface area contributed by atoms with Crippen LogP contribution in [0.3, 0.4) is 0 Å². The van der Waals surface area contributed by atoms with Gasteiger partial charge in [-0.2, -0.15) is 6.61 Å². The maximum atomic E-state index is 11.7. The van der Waals surface area contributed by atoms with Crippen LogP contribution in [-0.4, -0.2) is 34.5 Å². The van der Waals surface area contributed by atoms with E-state index in [1.165, 1.54) is 12.7 Å². The fourth-order valence-corrected chi connectivity index (χ4v) is 2.95. The minimum Gasteiger partial charge on any atom is -0.516 e. The van der Waals surface area contributed by atoms with E-state index in [2.05, 4.69) is 0 Å². The maximum absolute atomic E-state index is 11.7. The number of hydrogen-bond donors (Lipinski definition) is 2. The van der Waals surface area contributed by atoms with Crippen LogP contribution in [0.1, 0.15) is 19.4 Å². The monoisotopic (exact) mass is 423 g/mol. The summed E-state index contributed by atoms with van der Waals surface area (Å²) >= 11 is 0. The summed E-state index contributed by atoms with van der Waals surface area (Å²) in [4.78, 5) is 11.7. The summed E-state index contributed by atoms with van der Waals surface area (Å²) in [5, 5.41) is 21.1. The van der Waals surface area contributed by atoms with E-state index in [0.29, 0.717) is 23.3 Å². The van der Waals surface area contributed by atoms with Gasteiger partial charge in [0.05, 0.1) is 0 Å². The molecule has 0 spiro atoms. The van der Waals surface area contributed by atoms with Gasteiger partial charge in [0.25, 0.3) is 0 Å². The van der Waals surface area contributed by atoms with Crippen molar-refractivity contribution >= 4 is 11.0 Å². The second-order valence-electron chi connectivity index (χ2n) is 6.69. The summed E-state index contributed by atoms with van der Waals surface area (Å²) in [6, 6.07) is 6.51. The summed E-state index contributed by atoms with van der Waals surface area (Å²) in [6.45, 7) is 5.23. The Bertz CT molecular complexity index is 933. The third-order valence-corrected chi connectivity index (χ3v) is 4.49. The van der Waals surface area contributed by atoms with Crippen molar-refractivity contribution in [3.05, 3.63) is 58.5 Å². The van der Waals surface area contributed by atoms with Crippen LogP contribution >= 0.6 is 0 Å². The van der Waals surface area contributed by atoms with E-state index < -0.39 is 29.9 Å². The molecule has 3 heterocycles. The Morgan fingerprint density at radius 3 is 2.81 bits per heavy atom. The van der Waals surface area contributed by atoms with Crippen molar-refractivity contribution in [2.24, 2.45) is 0 Å². The van der Waals surface area contributed by atoms with E-state index in [4.69, 9.17) is 18.6 Å². The number of ether oxygens (including phenoxy) is 3. The molecule has 4 unspecified atom stereocenters. The maximum Gasteiger partial charge on any atom is 0.336 e. The molecule has 2 saturated heterocycles. The molecular formula is C19H19O7Zn-. The van der Waals surface area contributed by atoms with Gasteiger partial charge in [-0.25, -0.2) is 4.79 Å². The molecule has 0 amide bonds. The van der Waals surface area contributed by atoms with Crippen LogP contribution in [-0.2, 0) is 35.4 Å². The molecule has 140 valence electrons. The Balaban J connectivity index is 0.00000210. The van der Waals surface area contributed by atoms with Gasteiger partial charge in [0.1, 0.15) is 11.3 Å². The van der Waals surface area contributed by atoms with Crippen molar-refractivity contribution < 1.29 is 48.3 Å². The van der Waals surface area contributed by atoms with E-state index in [9.17, 15) is 15.0 Å². The number of epoxide rings is 1. The van der Waals surface area contributed by atoms with Crippen LogP contribution in [0.4, 0.5) is 0 Å². The first-order valence-corrected chi connectivity index (χ1v) is 8.31. The number of fused-ring (bicyclic) bond motifs is 2. The summed E-state index contributed by atoms with van der Waals surface area (Å²) in [5.74, 6) is -1.28. The zero-order valence-corrected chi connectivity index (χ0v) is 18.0. The van der Waals surface area contributed by atoms with Crippen molar-refractivity contribution in [3.63, 3.8) is 0 Å². The first kappa shape index (κ1) is 20.2. The Morgan fingerprint density at radius 2 is 2.07 bits per heavy atom. The largest absolute Gasteiger partial charge is 0.516 e. The van der Waals surface area contributed by atoms with Gasteiger partial charge in [-0.15, -0.1) is 0 Å². The molecule has 4 atom stereocenters. The standard InChI is InChI=1S/C19H19O7.Zn/c1-10(2)3-6-12-13(7-4-11-5-8-15(20)25-16(11)12)24-18-17(21)19(22)14(26-19)9-23-18;/h3-5,7-9,14,17-18,21-22H,6H2,1-2H3;/q-1;. The number of benzene rings is 1. The van der Waals surface area contributed by atoms with Crippen molar-refractivity contribution in [2.45, 2.75) is 44.6 Å². The molecule has 1 aromatic heterocycles. The van der Waals surface area contributed by atoms with Gasteiger partial charge in [0.15, 0.2) is 11.9 Å². The van der Waals surface area contributed by atoms with Crippen LogP contribution in [0.15, 0.2) is 45.1 Å². The van der Waals surface area contributed by atoms with Gasteiger partial charge in [-0.1, -0.05) is 11.6 Å². The van der Waals surface area contributed by atoms with Crippen LogP contribution in [0.25, 0.3) is 11.0 Å². The van der Waals surface area contributed by atoms with E-state index in [-0.39, 0.29) is 19.5 Å². The molecule has 2 fully saturated rings. The van der Waals surface area contributed by atoms with Gasteiger partial charge in [-0.05, 0) is 38.5 Å². The molecule has 4 rings (SSSR count). The summed E-state index contributed by atoms with van der Waals surface area (Å²) in [6.07, 6.45) is -0.717. The van der Waals surface area contributed by atoms with Crippen molar-refractivity contribution in [1.82, 2.24) is 0 Å². The zero-order valence-electron chi connectivity index (χ0n) is 15.0. The molecule has 2 N–H and O–H groups in total. The first-order valence-electron chi connectivity index (χ1n) is 8.31. The van der Waals surface area contributed by atoms with Gasteiger partial charge >= 0.3 is 5.63 Å². The quantitative estimate of drug-likeness (QED) is 0.253. The molecule has 2 aliphatic heterocycles. The number of rotatable bonds is 4. The second kappa shape index (κ2) is 7.45. The molecule has 0 radical (unpaired) electrons. The van der Waals surface area contributed by atoms with E-state index >= 15 is 0 Å². The Hall–Kier alpha value is -1.57. The molecule has 0 bridgehead atoms. The first-order chi connectivity index (χ1) is 12.4. The molecule has 7 nitrogen and oxygen atoms in total. The van der Waals surface area contributed by atoms with Crippen LogP contribution in [0, 0.1) is 6.61 Å². The molecule has 2 aromatic rings. The Labute approximate surface area is 168 Å². The summed E-state index contributed by atoms with van der Waals surface area (Å²) < 4.78 is 21.5. The third kappa shape index (κ3) is 3.73. The molecule has 2 aliphatic rings. The fraction of sp³-hybridized carbons (Fsp3) is 0.368. The van der Waals surface area contributed by atoms with Crippen LogP contribution in [0.2, 0.25) is 0 Å². The molecular weight excluding hydrogens is 406 g/mol. The van der Waals surface area contributed by atoms with Crippen molar-refractivity contribution in [2.75, 3.05) is 0 Å². The topological polar surface area (TPSA) is 102 Å². The molecule has 0 aliphatic carbocycles. The van der Waals surface area contributed by atoms with E-state index in [1.54, 1.807) is 18.2 Å². The molecule has 8 heteroatoms. The average Bonchev–Trinajstić information content (AvgIpc) is 3.29. The predicted octanol–water partition coefficient (Wildman–Crippen LogP) is 1.64. The minimum absolute atomic E-state index is 0. The van der Waals surface area contributed by atoms with Crippen LogP contribution < -0.4 is 10.4 Å². The SMILES string of the molecule is CC(C)=CCc1c(OC2O[CH-]C3OC3(O)C2O)ccc2ccc(=O)oc12.[Zn]. The van der Waals surface area contributed by atoms with E-state index in [1.807, 2.05) is 19.9 Å². The van der Waals surface area contributed by atoms with Gasteiger partial charge in [0, 0.05) is 42.6 Å². The zero-order chi connectivity index (χ0) is 18.5. The summed E-state index contributed by atoms with van der Waals surface area (Å²) in [5.41, 5.74) is 1.71. The second-order valence-corrected chi connectivity index (χ2v) is 6.69. The molecule has 0 saturated carbocycles. The van der Waals surface area contributed by atoms with E-state index in [0.717, 1.165) is 11.0 Å². The molecule has 27 heavy (non-hydrogen) atoms. The number of aliphatic hydroxyl groups is 2. The molecule has 1 aromatic carbocycles. The Kier molecular flexibility index (Phi) is 5.57. The predicted molar refractivity (Wildman–Crippen MR) is 91.2 cm³/mol. The van der Waals surface area contributed by atoms with Gasteiger partial charge in [0.2, 0.25) is 6.29 Å². The minimum atomic E-state index is -1.67. The van der Waals surface area contributed by atoms with Crippen LogP contribution in [0.5, 0.6) is 5.75 Å². The Morgan fingerprint density at radius 1 is 1.33 bits per heavy atom.